The summed E-state index contributed by atoms with van der Waals surface area (Å²) in [5, 5.41) is 11.1. The largest absolute Gasteiger partial charge is 0.508 e. The number of aliphatic hydroxyl groups is 1. The first kappa shape index (κ1) is 31.2. The average Bonchev–Trinajstić information content (AvgIpc) is 3.69. The Morgan fingerprint density at radius 1 is 1.17 bits per heavy atom. The summed E-state index contributed by atoms with van der Waals surface area (Å²) < 4.78 is 33.9. The molecule has 0 spiro atoms. The number of carbonyl (C=O) groups excluding carboxylic acids is 2. The standard InChI is InChI=1S/C32H44O9/c1-20-13-14-37-24(16-20)11-12-26(33)27-19-29-31(40-29)28(41-32(35)36-4)18-22(3)15-21(2)17-25-9-5-7-23(38-25)8-6-10-30(34)39-27/h5-7,10-13,21,23-29,31,33H,3,8-9,14-19H2,1-2,4H3/b10-6+,12-11+/t21-,23-,24+,25-,26-,27-,28-,29-,31-/m0/s1. The van der Waals surface area contributed by atoms with Gasteiger partial charge < -0.3 is 33.5 Å². The van der Waals surface area contributed by atoms with E-state index in [4.69, 9.17) is 28.4 Å². The van der Waals surface area contributed by atoms with E-state index < -0.39 is 36.5 Å². The van der Waals surface area contributed by atoms with Gasteiger partial charge in [-0.2, -0.15) is 0 Å². The van der Waals surface area contributed by atoms with Crippen molar-refractivity contribution in [3.05, 3.63) is 60.3 Å². The zero-order chi connectivity index (χ0) is 29.4. The van der Waals surface area contributed by atoms with Crippen molar-refractivity contribution >= 4 is 12.1 Å². The number of carbonyl (C=O) groups is 2. The molecular formula is C32H44O9. The summed E-state index contributed by atoms with van der Waals surface area (Å²) in [5.74, 6) is -0.244. The molecular weight excluding hydrogens is 528 g/mol. The van der Waals surface area contributed by atoms with Crippen molar-refractivity contribution in [3.63, 3.8) is 0 Å². The van der Waals surface area contributed by atoms with E-state index in [1.807, 2.05) is 19.1 Å². The molecule has 41 heavy (non-hydrogen) atoms. The Morgan fingerprint density at radius 3 is 2.78 bits per heavy atom. The molecule has 2 bridgehead atoms. The second-order valence-electron chi connectivity index (χ2n) is 11.6. The number of aliphatic hydroxyl groups excluding tert-OH is 1. The lowest BCUT2D eigenvalue weighted by Crippen LogP contribution is -2.33. The maximum absolute atomic E-state index is 12.8. The smallest absolute Gasteiger partial charge is 0.456 e. The first-order valence-corrected chi connectivity index (χ1v) is 14.6. The fourth-order valence-electron chi connectivity index (χ4n) is 5.71. The minimum Gasteiger partial charge on any atom is -0.456 e. The van der Waals surface area contributed by atoms with E-state index in [1.165, 1.54) is 18.8 Å². The number of cyclic esters (lactones) is 1. The molecule has 1 fully saturated rings. The molecule has 9 atom stereocenters. The van der Waals surface area contributed by atoms with Crippen LogP contribution in [0.2, 0.25) is 0 Å². The average molecular weight is 573 g/mol. The molecule has 9 heteroatoms. The van der Waals surface area contributed by atoms with Crippen LogP contribution in [0.3, 0.4) is 0 Å². The van der Waals surface area contributed by atoms with Gasteiger partial charge in [-0.15, -0.1) is 0 Å². The van der Waals surface area contributed by atoms with Crippen LogP contribution in [0.15, 0.2) is 60.3 Å². The molecule has 4 rings (SSSR count). The molecule has 1 N–H and O–H groups in total. The molecule has 0 aromatic carbocycles. The first-order valence-electron chi connectivity index (χ1n) is 14.6. The summed E-state index contributed by atoms with van der Waals surface area (Å²) in [6, 6.07) is 0. The molecule has 0 saturated carbocycles. The van der Waals surface area contributed by atoms with Crippen molar-refractivity contribution in [2.75, 3.05) is 13.7 Å². The summed E-state index contributed by atoms with van der Waals surface area (Å²) in [4.78, 5) is 24.8. The number of methoxy groups -OCH3 is 1. The maximum Gasteiger partial charge on any atom is 0.508 e. The highest BCUT2D eigenvalue weighted by Crippen LogP contribution is 2.36. The lowest BCUT2D eigenvalue weighted by atomic mass is 9.90. The van der Waals surface area contributed by atoms with Gasteiger partial charge in [0.1, 0.15) is 24.4 Å². The molecule has 9 nitrogen and oxygen atoms in total. The van der Waals surface area contributed by atoms with E-state index in [0.717, 1.165) is 31.3 Å². The second kappa shape index (κ2) is 15.0. The third kappa shape index (κ3) is 9.95. The van der Waals surface area contributed by atoms with Crippen molar-refractivity contribution < 1.29 is 43.1 Å². The molecule has 0 amide bonds. The zero-order valence-corrected chi connectivity index (χ0v) is 24.3. The quantitative estimate of drug-likeness (QED) is 0.286. The van der Waals surface area contributed by atoms with E-state index in [-0.39, 0.29) is 30.8 Å². The van der Waals surface area contributed by atoms with Gasteiger partial charge >= 0.3 is 12.1 Å². The van der Waals surface area contributed by atoms with Gasteiger partial charge in [0, 0.05) is 18.9 Å². The lowest BCUT2D eigenvalue weighted by Gasteiger charge is -2.28. The minimum absolute atomic E-state index is 0.0732. The molecule has 1 saturated heterocycles. The van der Waals surface area contributed by atoms with Gasteiger partial charge in [0.2, 0.25) is 0 Å². The van der Waals surface area contributed by atoms with Gasteiger partial charge in [0.25, 0.3) is 0 Å². The maximum atomic E-state index is 12.8. The normalized spacial score (nSPS) is 36.6. The lowest BCUT2D eigenvalue weighted by molar-refractivity contribution is -0.148. The van der Waals surface area contributed by atoms with E-state index in [0.29, 0.717) is 25.4 Å². The number of ether oxygens (including phenoxy) is 6. The molecule has 0 radical (unpaired) electrons. The van der Waals surface area contributed by atoms with Crippen LogP contribution in [0.4, 0.5) is 4.79 Å². The molecule has 226 valence electrons. The van der Waals surface area contributed by atoms with Gasteiger partial charge in [0.15, 0.2) is 0 Å². The number of hydrogen-bond acceptors (Lipinski definition) is 9. The molecule has 4 aliphatic heterocycles. The predicted octanol–water partition coefficient (Wildman–Crippen LogP) is 4.90. The van der Waals surface area contributed by atoms with Gasteiger partial charge in [-0.1, -0.05) is 61.1 Å². The van der Waals surface area contributed by atoms with Crippen LogP contribution in [-0.2, 0) is 33.2 Å². The predicted molar refractivity (Wildman–Crippen MR) is 152 cm³/mol. The van der Waals surface area contributed by atoms with Gasteiger partial charge in [0.05, 0.1) is 38.1 Å². The fraction of sp³-hybridized carbons (Fsp3) is 0.625. The Morgan fingerprint density at radius 2 is 2.00 bits per heavy atom. The summed E-state index contributed by atoms with van der Waals surface area (Å²) in [6.45, 7) is 8.98. The number of hydrogen-bond donors (Lipinski definition) is 1. The van der Waals surface area contributed by atoms with Crippen LogP contribution in [0, 0.1) is 5.92 Å². The van der Waals surface area contributed by atoms with Crippen LogP contribution in [0.25, 0.3) is 0 Å². The highest BCUT2D eigenvalue weighted by molar-refractivity contribution is 5.82. The summed E-state index contributed by atoms with van der Waals surface area (Å²) in [7, 11) is 1.26. The fourth-order valence-corrected chi connectivity index (χ4v) is 5.71. The molecule has 0 aromatic rings. The van der Waals surface area contributed by atoms with Crippen LogP contribution in [0.5, 0.6) is 0 Å². The van der Waals surface area contributed by atoms with Gasteiger partial charge in [-0.25, -0.2) is 9.59 Å². The molecule has 4 heterocycles. The highest BCUT2D eigenvalue weighted by Gasteiger charge is 2.49. The number of fused-ring (bicyclic) bond motifs is 3. The van der Waals surface area contributed by atoms with Gasteiger partial charge in [-0.3, -0.25) is 0 Å². The Kier molecular flexibility index (Phi) is 11.4. The number of esters is 1. The number of rotatable bonds is 4. The van der Waals surface area contributed by atoms with Crippen LogP contribution >= 0.6 is 0 Å². The molecule has 0 aliphatic carbocycles. The molecule has 0 aromatic heterocycles. The van der Waals surface area contributed by atoms with Crippen LogP contribution in [-0.4, -0.2) is 79.8 Å². The van der Waals surface area contributed by atoms with Crippen molar-refractivity contribution in [1.29, 1.82) is 0 Å². The van der Waals surface area contributed by atoms with Crippen molar-refractivity contribution in [3.8, 4) is 0 Å². The zero-order valence-electron chi connectivity index (χ0n) is 24.3. The summed E-state index contributed by atoms with van der Waals surface area (Å²) >= 11 is 0. The Hall–Kier alpha value is -2.72. The molecule has 0 unspecified atom stereocenters. The minimum atomic E-state index is -1.08. The van der Waals surface area contributed by atoms with E-state index in [9.17, 15) is 14.7 Å². The highest BCUT2D eigenvalue weighted by atomic mass is 16.7. The van der Waals surface area contributed by atoms with Crippen molar-refractivity contribution in [1.82, 2.24) is 0 Å². The SMILES string of the molecule is C=C1C[C@H](C)C[C@@H]2CC=C[C@@H](C/C=C/C(=O)O[C@H]([C@@H](O)/C=C/[C@@H]3CC(C)=CCO3)C[C@@H]3O[C@H]3[C@@H](OC(=O)OC)C1)O2. The van der Waals surface area contributed by atoms with E-state index in [2.05, 4.69) is 19.6 Å². The van der Waals surface area contributed by atoms with Crippen molar-refractivity contribution in [2.45, 2.75) is 108 Å². The third-order valence-corrected chi connectivity index (χ3v) is 7.84. The summed E-state index contributed by atoms with van der Waals surface area (Å²) in [5.41, 5.74) is 2.16. The van der Waals surface area contributed by atoms with Crippen LogP contribution < -0.4 is 0 Å². The molecule has 4 aliphatic rings. The third-order valence-electron chi connectivity index (χ3n) is 7.84. The van der Waals surface area contributed by atoms with Gasteiger partial charge in [-0.05, 0) is 44.9 Å². The Balaban J connectivity index is 1.50. The summed E-state index contributed by atoms with van der Waals surface area (Å²) in [6.07, 6.45) is 12.7. The Labute approximate surface area is 242 Å². The second-order valence-corrected chi connectivity index (χ2v) is 11.6. The van der Waals surface area contributed by atoms with E-state index >= 15 is 0 Å². The topological polar surface area (TPSA) is 113 Å². The monoisotopic (exact) mass is 572 g/mol. The van der Waals surface area contributed by atoms with Crippen LogP contribution in [0.1, 0.15) is 58.8 Å². The Bertz CT molecular complexity index is 1040. The van der Waals surface area contributed by atoms with Crippen molar-refractivity contribution in [2.24, 2.45) is 5.92 Å². The van der Waals surface area contributed by atoms with E-state index in [1.54, 1.807) is 18.2 Å². The first-order chi connectivity index (χ1) is 19.7. The number of epoxide rings is 1.